The van der Waals surface area contributed by atoms with Crippen LogP contribution in [0.5, 0.6) is 5.75 Å². The monoisotopic (exact) mass is 283 g/mol. The van der Waals surface area contributed by atoms with Crippen molar-refractivity contribution >= 4 is 11.6 Å². The van der Waals surface area contributed by atoms with Crippen LogP contribution in [0.2, 0.25) is 5.02 Å². The molecule has 0 radical (unpaired) electrons. The van der Waals surface area contributed by atoms with Crippen LogP contribution in [-0.2, 0) is 0 Å². The fourth-order valence-electron chi connectivity index (χ4n) is 1.81. The highest BCUT2D eigenvalue weighted by Crippen LogP contribution is 2.30. The van der Waals surface area contributed by atoms with Gasteiger partial charge in [-0.2, -0.15) is 0 Å². The Kier molecular flexibility index (Phi) is 4.02. The molecule has 1 atom stereocenters. The fraction of sp³-hybridized carbons (Fsp3) is 0.143. The molecule has 0 saturated heterocycles. The van der Waals surface area contributed by atoms with Crippen LogP contribution < -0.4 is 10.5 Å². The predicted molar refractivity (Wildman–Crippen MR) is 70.4 cm³/mol. The van der Waals surface area contributed by atoms with E-state index in [1.54, 1.807) is 18.2 Å². The molecule has 2 aromatic rings. The maximum atomic E-state index is 13.7. The van der Waals surface area contributed by atoms with Gasteiger partial charge in [-0.15, -0.1) is 0 Å². The molecule has 2 nitrogen and oxygen atoms in total. The van der Waals surface area contributed by atoms with Crippen LogP contribution >= 0.6 is 11.6 Å². The Morgan fingerprint density at radius 1 is 1.16 bits per heavy atom. The average molecular weight is 284 g/mol. The van der Waals surface area contributed by atoms with E-state index in [9.17, 15) is 8.78 Å². The summed E-state index contributed by atoms with van der Waals surface area (Å²) in [6, 6.07) is 7.53. The first-order valence-electron chi connectivity index (χ1n) is 5.57. The van der Waals surface area contributed by atoms with Crippen molar-refractivity contribution in [2.24, 2.45) is 5.73 Å². The minimum atomic E-state index is -0.719. The van der Waals surface area contributed by atoms with E-state index in [0.29, 0.717) is 16.3 Å². The zero-order valence-corrected chi connectivity index (χ0v) is 10.9. The van der Waals surface area contributed by atoms with Crippen LogP contribution in [0, 0.1) is 11.6 Å². The van der Waals surface area contributed by atoms with Gasteiger partial charge in [0, 0.05) is 11.6 Å². The van der Waals surface area contributed by atoms with Crippen LogP contribution in [0.15, 0.2) is 36.4 Å². The molecular weight excluding hydrogens is 272 g/mol. The first kappa shape index (κ1) is 13.8. The third kappa shape index (κ3) is 2.85. The number of ether oxygens (including phenoxy) is 1. The molecule has 0 saturated carbocycles. The topological polar surface area (TPSA) is 35.2 Å². The van der Waals surface area contributed by atoms with Gasteiger partial charge in [0.2, 0.25) is 0 Å². The van der Waals surface area contributed by atoms with Crippen LogP contribution in [0.4, 0.5) is 8.78 Å². The quantitative estimate of drug-likeness (QED) is 0.933. The molecule has 2 N–H and O–H groups in total. The van der Waals surface area contributed by atoms with Crippen molar-refractivity contribution in [1.82, 2.24) is 0 Å². The third-order valence-corrected chi connectivity index (χ3v) is 3.13. The maximum Gasteiger partial charge on any atom is 0.137 e. The van der Waals surface area contributed by atoms with E-state index in [1.165, 1.54) is 19.2 Å². The predicted octanol–water partition coefficient (Wildman–Crippen LogP) is 3.67. The molecule has 0 amide bonds. The number of rotatable bonds is 3. The van der Waals surface area contributed by atoms with E-state index in [1.807, 2.05) is 0 Å². The zero-order valence-electron chi connectivity index (χ0n) is 10.2. The lowest BCUT2D eigenvalue weighted by Crippen LogP contribution is -2.13. The second-order valence-corrected chi connectivity index (χ2v) is 4.44. The average Bonchev–Trinajstić information content (AvgIpc) is 2.38. The summed E-state index contributed by atoms with van der Waals surface area (Å²) in [6.45, 7) is 0. The van der Waals surface area contributed by atoms with Crippen molar-refractivity contribution in [3.05, 3.63) is 64.2 Å². The lowest BCUT2D eigenvalue weighted by molar-refractivity contribution is 0.415. The molecule has 0 aromatic heterocycles. The molecule has 1 unspecified atom stereocenters. The van der Waals surface area contributed by atoms with Crippen molar-refractivity contribution < 1.29 is 13.5 Å². The van der Waals surface area contributed by atoms with Gasteiger partial charge in [-0.1, -0.05) is 23.7 Å². The number of nitrogens with two attached hydrogens (primary N) is 1. The summed E-state index contributed by atoms with van der Waals surface area (Å²) < 4.78 is 31.5. The normalized spacial score (nSPS) is 12.3. The molecule has 0 fully saturated rings. The Hall–Kier alpha value is -1.65. The van der Waals surface area contributed by atoms with Crippen LogP contribution in [0.3, 0.4) is 0 Å². The minimum Gasteiger partial charge on any atom is -0.495 e. The first-order chi connectivity index (χ1) is 9.02. The lowest BCUT2D eigenvalue weighted by Gasteiger charge is -2.15. The molecule has 19 heavy (non-hydrogen) atoms. The molecule has 2 aromatic carbocycles. The van der Waals surface area contributed by atoms with Gasteiger partial charge in [-0.05, 0) is 23.8 Å². The van der Waals surface area contributed by atoms with Gasteiger partial charge in [0.1, 0.15) is 17.4 Å². The lowest BCUT2D eigenvalue weighted by atomic mass is 9.99. The van der Waals surface area contributed by atoms with Gasteiger partial charge in [0.25, 0.3) is 0 Å². The Balaban J connectivity index is 2.38. The van der Waals surface area contributed by atoms with Crippen molar-refractivity contribution in [2.75, 3.05) is 7.11 Å². The van der Waals surface area contributed by atoms with Crippen LogP contribution in [-0.4, -0.2) is 7.11 Å². The SMILES string of the molecule is COc1ccc(C(N)c2ccc(F)cc2F)cc1Cl. The van der Waals surface area contributed by atoms with Crippen LogP contribution in [0.1, 0.15) is 17.2 Å². The van der Waals surface area contributed by atoms with Crippen molar-refractivity contribution in [1.29, 1.82) is 0 Å². The number of hydrogen-bond acceptors (Lipinski definition) is 2. The Labute approximate surface area is 114 Å². The standard InChI is InChI=1S/C14H12ClF2NO/c1-19-13-5-2-8(6-11(13)15)14(18)10-4-3-9(16)7-12(10)17/h2-7,14H,18H2,1H3. The van der Waals surface area contributed by atoms with E-state index >= 15 is 0 Å². The van der Waals surface area contributed by atoms with E-state index in [0.717, 1.165) is 6.07 Å². The number of benzene rings is 2. The highest BCUT2D eigenvalue weighted by molar-refractivity contribution is 6.32. The molecule has 0 aliphatic carbocycles. The summed E-state index contributed by atoms with van der Waals surface area (Å²) in [5, 5.41) is 0.387. The summed E-state index contributed by atoms with van der Waals surface area (Å²) >= 11 is 5.99. The van der Waals surface area contributed by atoms with E-state index in [4.69, 9.17) is 22.1 Å². The van der Waals surface area contributed by atoms with Crippen molar-refractivity contribution in [3.8, 4) is 5.75 Å². The summed E-state index contributed by atoms with van der Waals surface area (Å²) in [5.41, 5.74) is 6.80. The molecule has 0 spiro atoms. The van der Waals surface area contributed by atoms with Gasteiger partial charge in [-0.25, -0.2) is 8.78 Å². The smallest absolute Gasteiger partial charge is 0.137 e. The van der Waals surface area contributed by atoms with E-state index < -0.39 is 17.7 Å². The maximum absolute atomic E-state index is 13.7. The fourth-order valence-corrected chi connectivity index (χ4v) is 2.08. The molecule has 0 aliphatic heterocycles. The Morgan fingerprint density at radius 3 is 2.47 bits per heavy atom. The third-order valence-electron chi connectivity index (χ3n) is 2.83. The first-order valence-corrected chi connectivity index (χ1v) is 5.94. The van der Waals surface area contributed by atoms with Gasteiger partial charge in [0.05, 0.1) is 18.2 Å². The number of halogens is 3. The van der Waals surface area contributed by atoms with E-state index in [2.05, 4.69) is 0 Å². The summed E-state index contributed by atoms with van der Waals surface area (Å²) in [4.78, 5) is 0. The molecule has 2 rings (SSSR count). The Bertz CT molecular complexity index is 604. The number of methoxy groups -OCH3 is 1. The van der Waals surface area contributed by atoms with Gasteiger partial charge in [-0.3, -0.25) is 0 Å². The van der Waals surface area contributed by atoms with E-state index in [-0.39, 0.29) is 5.56 Å². The molecule has 5 heteroatoms. The highest BCUT2D eigenvalue weighted by Gasteiger charge is 2.15. The van der Waals surface area contributed by atoms with Gasteiger partial charge >= 0.3 is 0 Å². The highest BCUT2D eigenvalue weighted by atomic mass is 35.5. The summed E-state index contributed by atoms with van der Waals surface area (Å²) in [7, 11) is 1.50. The molecular formula is C14H12ClF2NO. The second-order valence-electron chi connectivity index (χ2n) is 4.04. The molecule has 100 valence electrons. The molecule has 0 aliphatic rings. The van der Waals surface area contributed by atoms with Gasteiger partial charge < -0.3 is 10.5 Å². The minimum absolute atomic E-state index is 0.211. The van der Waals surface area contributed by atoms with Crippen molar-refractivity contribution in [2.45, 2.75) is 6.04 Å². The molecule has 0 heterocycles. The zero-order chi connectivity index (χ0) is 14.0. The van der Waals surface area contributed by atoms with Crippen molar-refractivity contribution in [3.63, 3.8) is 0 Å². The largest absolute Gasteiger partial charge is 0.495 e. The van der Waals surface area contributed by atoms with Gasteiger partial charge in [0.15, 0.2) is 0 Å². The molecule has 0 bridgehead atoms. The number of hydrogen-bond donors (Lipinski definition) is 1. The summed E-state index contributed by atoms with van der Waals surface area (Å²) in [6.07, 6.45) is 0. The second kappa shape index (κ2) is 5.55. The summed E-state index contributed by atoms with van der Waals surface area (Å²) in [5.74, 6) is -0.808. The van der Waals surface area contributed by atoms with Crippen LogP contribution in [0.25, 0.3) is 0 Å². The Morgan fingerprint density at radius 2 is 1.89 bits per heavy atom.